The van der Waals surface area contributed by atoms with E-state index in [1.165, 1.54) is 12.3 Å². The van der Waals surface area contributed by atoms with E-state index in [1.807, 2.05) is 0 Å². The predicted octanol–water partition coefficient (Wildman–Crippen LogP) is 0.801. The third kappa shape index (κ3) is 2.75. The highest BCUT2D eigenvalue weighted by Crippen LogP contribution is 1.82. The number of nitrogens with two attached hydrogens (primary N) is 1. The fourth-order valence-electron chi connectivity index (χ4n) is 0.429. The number of hydrogen-bond acceptors (Lipinski definition) is 2. The highest BCUT2D eigenvalue weighted by atomic mass is 35.5. The largest absolute Gasteiger partial charge is 0.394 e. The molecule has 58 valence electrons. The van der Waals surface area contributed by atoms with E-state index in [1.54, 1.807) is 6.20 Å². The minimum Gasteiger partial charge on any atom is -0.394 e. The molecule has 3 nitrogen and oxygen atoms in total. The summed E-state index contributed by atoms with van der Waals surface area (Å²) in [5.41, 5.74) is 5.30. The fraction of sp³-hybridized carbons (Fsp3) is 0. The van der Waals surface area contributed by atoms with Crippen molar-refractivity contribution in [1.82, 2.24) is 4.98 Å². The quantitative estimate of drug-likeness (QED) is 0.624. The van der Waals surface area contributed by atoms with E-state index < -0.39 is 0 Å². The molecule has 3 N–H and O–H groups in total. The first-order valence-corrected chi connectivity index (χ1v) is 2.23. The van der Waals surface area contributed by atoms with Crippen LogP contribution in [0.4, 0.5) is 5.69 Å². The van der Waals surface area contributed by atoms with Crippen LogP contribution in [-0.2, 0) is 0 Å². The number of halogens is 2. The molecule has 1 heterocycles. The van der Waals surface area contributed by atoms with Crippen molar-refractivity contribution >= 4 is 30.5 Å². The van der Waals surface area contributed by atoms with Gasteiger partial charge >= 0.3 is 0 Å². The lowest BCUT2D eigenvalue weighted by atomic mass is 10.4. The van der Waals surface area contributed by atoms with Crippen LogP contribution in [0.1, 0.15) is 0 Å². The van der Waals surface area contributed by atoms with Crippen LogP contribution in [0, 0.1) is 0 Å². The molecular formula is C5H8Cl2N2O. The molecule has 0 spiro atoms. The van der Waals surface area contributed by atoms with E-state index in [0.29, 0.717) is 0 Å². The van der Waals surface area contributed by atoms with Gasteiger partial charge in [0.2, 0.25) is 5.43 Å². The number of H-pyrrole nitrogens is 1. The third-order valence-corrected chi connectivity index (χ3v) is 0.854. The van der Waals surface area contributed by atoms with Crippen LogP contribution in [0.2, 0.25) is 0 Å². The summed E-state index contributed by atoms with van der Waals surface area (Å²) in [5, 5.41) is 0. The number of aromatic nitrogens is 1. The van der Waals surface area contributed by atoms with Gasteiger partial charge in [-0.05, 0) is 0 Å². The third-order valence-electron chi connectivity index (χ3n) is 0.854. The van der Waals surface area contributed by atoms with Crippen LogP contribution in [-0.4, -0.2) is 4.98 Å². The molecule has 0 aliphatic heterocycles. The van der Waals surface area contributed by atoms with Gasteiger partial charge in [0.05, 0.1) is 5.69 Å². The van der Waals surface area contributed by atoms with Crippen LogP contribution >= 0.6 is 24.8 Å². The monoisotopic (exact) mass is 182 g/mol. The number of anilines is 1. The van der Waals surface area contributed by atoms with Gasteiger partial charge < -0.3 is 10.7 Å². The Morgan fingerprint density at radius 1 is 1.40 bits per heavy atom. The summed E-state index contributed by atoms with van der Waals surface area (Å²) in [7, 11) is 0. The molecule has 0 radical (unpaired) electrons. The Hall–Kier alpha value is -0.670. The first-order chi connectivity index (χ1) is 3.80. The summed E-state index contributed by atoms with van der Waals surface area (Å²) in [6.07, 6.45) is 3.00. The van der Waals surface area contributed by atoms with Gasteiger partial charge in [-0.25, -0.2) is 0 Å². The number of nitrogens with one attached hydrogen (secondary N) is 1. The van der Waals surface area contributed by atoms with Crippen molar-refractivity contribution in [3.05, 3.63) is 28.7 Å². The second kappa shape index (κ2) is 5.14. The maximum atomic E-state index is 10.5. The van der Waals surface area contributed by atoms with Crippen molar-refractivity contribution < 1.29 is 0 Å². The molecule has 0 saturated heterocycles. The first-order valence-electron chi connectivity index (χ1n) is 2.23. The average Bonchev–Trinajstić information content (AvgIpc) is 1.77. The maximum Gasteiger partial charge on any atom is 0.204 e. The normalized spacial score (nSPS) is 7.20. The molecule has 0 fully saturated rings. The first kappa shape index (κ1) is 12.0. The van der Waals surface area contributed by atoms with Crippen LogP contribution in [0.3, 0.4) is 0 Å². The number of aromatic amines is 1. The summed E-state index contributed by atoms with van der Waals surface area (Å²) in [4.78, 5) is 13.2. The average molecular weight is 183 g/mol. The number of rotatable bonds is 0. The summed E-state index contributed by atoms with van der Waals surface area (Å²) >= 11 is 0. The molecule has 1 aromatic heterocycles. The summed E-state index contributed by atoms with van der Waals surface area (Å²) in [5.74, 6) is 0. The molecule has 1 rings (SSSR count). The highest BCUT2D eigenvalue weighted by Gasteiger charge is 1.84. The van der Waals surface area contributed by atoms with E-state index in [-0.39, 0.29) is 35.9 Å². The minimum atomic E-state index is -0.135. The topological polar surface area (TPSA) is 58.9 Å². The molecule has 5 heteroatoms. The SMILES string of the molecule is Cl.Cl.Nc1c[nH]ccc1=O. The number of nitrogen functional groups attached to an aromatic ring is 1. The van der Waals surface area contributed by atoms with Gasteiger partial charge in [0.15, 0.2) is 0 Å². The Balaban J connectivity index is 0. The summed E-state index contributed by atoms with van der Waals surface area (Å²) < 4.78 is 0. The van der Waals surface area contributed by atoms with Crippen molar-refractivity contribution in [2.24, 2.45) is 0 Å². The standard InChI is InChI=1S/C5H6N2O.2ClH/c6-4-3-7-2-1-5(4)8;;/h1-3H,6H2,(H,7,8);2*1H. The van der Waals surface area contributed by atoms with Crippen molar-refractivity contribution in [2.45, 2.75) is 0 Å². The lowest BCUT2D eigenvalue weighted by Crippen LogP contribution is -2.05. The highest BCUT2D eigenvalue weighted by molar-refractivity contribution is 5.85. The van der Waals surface area contributed by atoms with Gasteiger partial charge in [-0.2, -0.15) is 0 Å². The van der Waals surface area contributed by atoms with Crippen molar-refractivity contribution in [3.8, 4) is 0 Å². The van der Waals surface area contributed by atoms with E-state index in [9.17, 15) is 4.79 Å². The maximum absolute atomic E-state index is 10.5. The Morgan fingerprint density at radius 2 is 2.00 bits per heavy atom. The molecule has 0 bridgehead atoms. The molecule has 0 amide bonds. The molecule has 0 aliphatic rings. The molecule has 0 aromatic carbocycles. The van der Waals surface area contributed by atoms with Crippen LogP contribution < -0.4 is 11.2 Å². The lowest BCUT2D eigenvalue weighted by molar-refractivity contribution is 1.31. The van der Waals surface area contributed by atoms with Crippen LogP contribution in [0.15, 0.2) is 23.3 Å². The molecular weight excluding hydrogens is 175 g/mol. The van der Waals surface area contributed by atoms with E-state index in [4.69, 9.17) is 5.73 Å². The molecule has 0 unspecified atom stereocenters. The molecule has 0 saturated carbocycles. The zero-order valence-electron chi connectivity index (χ0n) is 5.03. The molecule has 0 aliphatic carbocycles. The summed E-state index contributed by atoms with van der Waals surface area (Å²) in [6.45, 7) is 0. The minimum absolute atomic E-state index is 0. The molecule has 0 atom stereocenters. The Bertz CT molecular complexity index is 235. The Kier molecular flexibility index (Phi) is 6.20. The zero-order valence-corrected chi connectivity index (χ0v) is 6.67. The Morgan fingerprint density at radius 3 is 2.30 bits per heavy atom. The number of hydrogen-bond donors (Lipinski definition) is 2. The number of pyridine rings is 1. The van der Waals surface area contributed by atoms with E-state index in [0.717, 1.165) is 0 Å². The Labute approximate surface area is 70.5 Å². The predicted molar refractivity (Wildman–Crippen MR) is 46.0 cm³/mol. The van der Waals surface area contributed by atoms with Crippen molar-refractivity contribution in [3.63, 3.8) is 0 Å². The van der Waals surface area contributed by atoms with Crippen molar-refractivity contribution in [1.29, 1.82) is 0 Å². The van der Waals surface area contributed by atoms with Gasteiger partial charge in [-0.1, -0.05) is 0 Å². The molecule has 10 heavy (non-hydrogen) atoms. The fourth-order valence-corrected chi connectivity index (χ4v) is 0.429. The second-order valence-electron chi connectivity index (χ2n) is 1.46. The van der Waals surface area contributed by atoms with Crippen LogP contribution in [0.5, 0.6) is 0 Å². The van der Waals surface area contributed by atoms with Gasteiger partial charge in [-0.3, -0.25) is 4.79 Å². The van der Waals surface area contributed by atoms with Gasteiger partial charge in [0, 0.05) is 18.5 Å². The van der Waals surface area contributed by atoms with Crippen LogP contribution in [0.25, 0.3) is 0 Å². The van der Waals surface area contributed by atoms with Gasteiger partial charge in [-0.15, -0.1) is 24.8 Å². The molecule has 1 aromatic rings. The van der Waals surface area contributed by atoms with E-state index in [2.05, 4.69) is 4.98 Å². The van der Waals surface area contributed by atoms with Crippen molar-refractivity contribution in [2.75, 3.05) is 5.73 Å². The smallest absolute Gasteiger partial charge is 0.204 e. The lowest BCUT2D eigenvalue weighted by Gasteiger charge is -1.84. The zero-order chi connectivity index (χ0) is 5.98. The second-order valence-corrected chi connectivity index (χ2v) is 1.46. The van der Waals surface area contributed by atoms with Gasteiger partial charge in [0.25, 0.3) is 0 Å². The van der Waals surface area contributed by atoms with Gasteiger partial charge in [0.1, 0.15) is 0 Å². The summed E-state index contributed by atoms with van der Waals surface area (Å²) in [6, 6.07) is 1.38. The van der Waals surface area contributed by atoms with E-state index >= 15 is 0 Å².